The maximum absolute atomic E-state index is 12.2. The molecule has 4 atom stereocenters. The fourth-order valence-corrected chi connectivity index (χ4v) is 7.99. The second-order valence-electron chi connectivity index (χ2n) is 17.1. The molecule has 6 aromatic rings. The Hall–Kier alpha value is -7.19. The molecule has 2 heterocycles. The van der Waals surface area contributed by atoms with E-state index in [1.807, 2.05) is 53.9 Å². The van der Waals surface area contributed by atoms with Crippen LogP contribution in [0.2, 0.25) is 5.02 Å². The zero-order valence-electron chi connectivity index (χ0n) is 39.9. The molecule has 4 unspecified atom stereocenters. The van der Waals surface area contributed by atoms with Crippen molar-refractivity contribution in [1.82, 2.24) is 5.48 Å². The summed E-state index contributed by atoms with van der Waals surface area (Å²) in [6.45, 7) is 12.7. The summed E-state index contributed by atoms with van der Waals surface area (Å²) >= 11 is 7.59. The number of halogens is 1. The largest absolute Gasteiger partial charge is 0.481 e. The third-order valence-electron chi connectivity index (χ3n) is 11.5. The molecule has 0 fully saturated rings. The highest BCUT2D eigenvalue weighted by Crippen LogP contribution is 2.31. The standard InChI is InChI=1S/C16H14O3.C14H12O3S.C13H14ClNO2.C13H19NO2/c1-11(16(18)19)13-8-5-9-14(10-13)15(17)12-6-3-2-4-7-12;1-9(14(16)17)10-4-6-11(7-5-10)13(15)12-3-2-8-18-12;1-9(13(16)17)10-4-5-12(11(14)8-10)15-6-2-3-7-15;1-9(2)8-11-4-6-12(7-5-11)10(3)13(15)14-16/h2-11H,1H3,(H,18,19);2-9H,1H3,(H,16,17);2-5,8-9H,6-7H2,1H3,(H,16,17);4-7,9-10,16H,8H2,1-3H3,(H,14,15). The van der Waals surface area contributed by atoms with Crippen LogP contribution in [0.3, 0.4) is 0 Å². The molecule has 0 bridgehead atoms. The van der Waals surface area contributed by atoms with E-state index in [0.717, 1.165) is 36.3 Å². The molecule has 1 aliphatic heterocycles. The topological polar surface area (TPSA) is 199 Å². The van der Waals surface area contributed by atoms with Crippen LogP contribution in [0.4, 0.5) is 5.69 Å². The van der Waals surface area contributed by atoms with Crippen molar-refractivity contribution in [3.63, 3.8) is 0 Å². The number of carboxylic acid groups (broad SMARTS) is 3. The number of nitrogens with one attached hydrogen (secondary N) is 1. The predicted molar refractivity (Wildman–Crippen MR) is 275 cm³/mol. The molecule has 70 heavy (non-hydrogen) atoms. The minimum absolute atomic E-state index is 0.0282. The van der Waals surface area contributed by atoms with Crippen LogP contribution in [0, 0.1) is 5.92 Å². The maximum atomic E-state index is 12.2. The summed E-state index contributed by atoms with van der Waals surface area (Å²) < 4.78 is 0. The zero-order valence-corrected chi connectivity index (χ0v) is 41.5. The third kappa shape index (κ3) is 16.2. The molecule has 0 saturated carbocycles. The van der Waals surface area contributed by atoms with Gasteiger partial charge in [0, 0.05) is 29.8 Å². The fourth-order valence-electron chi connectivity index (χ4n) is 6.99. The second kappa shape index (κ2) is 27.1. The minimum atomic E-state index is -0.899. The van der Waals surface area contributed by atoms with Crippen LogP contribution >= 0.6 is 22.9 Å². The molecule has 5 N–H and O–H groups in total. The van der Waals surface area contributed by atoms with Crippen molar-refractivity contribution in [2.45, 2.75) is 71.6 Å². The Morgan fingerprint density at radius 2 is 1.06 bits per heavy atom. The van der Waals surface area contributed by atoms with Crippen LogP contribution in [0.5, 0.6) is 0 Å². The van der Waals surface area contributed by atoms with Crippen molar-refractivity contribution in [3.05, 3.63) is 205 Å². The number of thiophene rings is 1. The Morgan fingerprint density at radius 1 is 0.557 bits per heavy atom. The normalized spacial score (nSPS) is 13.1. The average molecular weight is 988 g/mol. The van der Waals surface area contributed by atoms with Gasteiger partial charge in [0.05, 0.1) is 39.3 Å². The molecule has 1 amide bonds. The van der Waals surface area contributed by atoms with Crippen LogP contribution in [0.1, 0.15) is 124 Å². The van der Waals surface area contributed by atoms with Gasteiger partial charge < -0.3 is 20.2 Å². The number of amides is 1. The number of ketones is 2. The van der Waals surface area contributed by atoms with Gasteiger partial charge in [0.25, 0.3) is 5.91 Å². The minimum Gasteiger partial charge on any atom is -0.481 e. The first-order valence-corrected chi connectivity index (χ1v) is 23.9. The molecule has 0 spiro atoms. The molecule has 14 heteroatoms. The van der Waals surface area contributed by atoms with Gasteiger partial charge in [-0.05, 0) is 97.5 Å². The number of aliphatic carboxylic acids is 3. The van der Waals surface area contributed by atoms with E-state index in [1.165, 1.54) is 16.9 Å². The molecular formula is C56H59ClN2O10S. The molecule has 5 aromatic carbocycles. The van der Waals surface area contributed by atoms with E-state index in [9.17, 15) is 28.8 Å². The van der Waals surface area contributed by atoms with Crippen molar-refractivity contribution in [3.8, 4) is 0 Å². The first-order valence-electron chi connectivity index (χ1n) is 22.6. The fraction of sp³-hybridized carbons (Fsp3) is 0.250. The van der Waals surface area contributed by atoms with Crippen molar-refractivity contribution >= 4 is 64.0 Å². The molecule has 1 aliphatic rings. The van der Waals surface area contributed by atoms with E-state index in [4.69, 9.17) is 32.1 Å². The van der Waals surface area contributed by atoms with Gasteiger partial charge in [0.2, 0.25) is 5.78 Å². The van der Waals surface area contributed by atoms with E-state index in [2.05, 4.69) is 30.9 Å². The van der Waals surface area contributed by atoms with Gasteiger partial charge in [0.15, 0.2) is 5.78 Å². The molecule has 1 aromatic heterocycles. The highest BCUT2D eigenvalue weighted by molar-refractivity contribution is 7.12. The highest BCUT2D eigenvalue weighted by atomic mass is 35.5. The Morgan fingerprint density at radius 3 is 1.57 bits per heavy atom. The lowest BCUT2D eigenvalue weighted by molar-refractivity contribution is -0.139. The number of benzene rings is 5. The molecule has 366 valence electrons. The van der Waals surface area contributed by atoms with Crippen molar-refractivity contribution in [2.75, 3.05) is 18.0 Å². The van der Waals surface area contributed by atoms with E-state index >= 15 is 0 Å². The Kier molecular flexibility index (Phi) is 21.5. The summed E-state index contributed by atoms with van der Waals surface area (Å²) in [6.07, 6.45) is 5.22. The van der Waals surface area contributed by atoms with Crippen LogP contribution in [-0.4, -0.2) is 69.0 Å². The Bertz CT molecular complexity index is 2710. The van der Waals surface area contributed by atoms with Gasteiger partial charge in [0.1, 0.15) is 0 Å². The first kappa shape index (κ1) is 55.4. The average Bonchev–Trinajstić information content (AvgIpc) is 4.12. The number of carbonyl (C=O) groups excluding carboxylic acids is 3. The summed E-state index contributed by atoms with van der Waals surface area (Å²) in [5.41, 5.74) is 8.58. The molecule has 0 radical (unpaired) electrons. The smallest absolute Gasteiger partial charge is 0.310 e. The third-order valence-corrected chi connectivity index (χ3v) is 12.6. The van der Waals surface area contributed by atoms with Gasteiger partial charge in [-0.1, -0.05) is 147 Å². The van der Waals surface area contributed by atoms with Gasteiger partial charge in [-0.3, -0.25) is 34.0 Å². The number of hydrogen-bond donors (Lipinski definition) is 5. The number of anilines is 1. The van der Waals surface area contributed by atoms with E-state index in [1.54, 1.807) is 118 Å². The van der Waals surface area contributed by atoms with Crippen molar-refractivity contribution in [1.29, 1.82) is 0 Å². The van der Waals surface area contributed by atoms with Crippen molar-refractivity contribution in [2.24, 2.45) is 5.92 Å². The number of nitrogens with zero attached hydrogens (tertiary/aromatic N) is 1. The Balaban J connectivity index is 0.000000203. The number of carbonyl (C=O) groups is 6. The number of rotatable bonds is 15. The summed E-state index contributed by atoms with van der Waals surface area (Å²) in [5.74, 6) is -4.51. The lowest BCUT2D eigenvalue weighted by atomic mass is 9.96. The summed E-state index contributed by atoms with van der Waals surface area (Å²) in [5, 5.41) is 37.8. The van der Waals surface area contributed by atoms with Crippen LogP contribution in [-0.2, 0) is 25.6 Å². The van der Waals surface area contributed by atoms with Crippen LogP contribution < -0.4 is 10.4 Å². The second-order valence-corrected chi connectivity index (χ2v) is 18.4. The van der Waals surface area contributed by atoms with E-state index in [0.29, 0.717) is 43.6 Å². The van der Waals surface area contributed by atoms with Gasteiger partial charge >= 0.3 is 17.9 Å². The van der Waals surface area contributed by atoms with Crippen LogP contribution in [0.15, 0.2) is 151 Å². The molecule has 7 rings (SSSR count). The van der Waals surface area contributed by atoms with Gasteiger partial charge in [-0.25, -0.2) is 5.48 Å². The summed E-state index contributed by atoms with van der Waals surface area (Å²) in [7, 11) is 0. The molecule has 12 nitrogen and oxygen atoms in total. The van der Waals surface area contributed by atoms with E-state index in [-0.39, 0.29) is 23.4 Å². The van der Waals surface area contributed by atoms with Gasteiger partial charge in [-0.2, -0.15) is 0 Å². The first-order chi connectivity index (χ1) is 33.3. The van der Waals surface area contributed by atoms with Gasteiger partial charge in [-0.15, -0.1) is 11.3 Å². The number of hydrogen-bond acceptors (Lipinski definition) is 9. The quantitative estimate of drug-likeness (QED) is 0.0284. The summed E-state index contributed by atoms with van der Waals surface area (Å²) in [6, 6.07) is 39.5. The predicted octanol–water partition coefficient (Wildman–Crippen LogP) is 11.7. The van der Waals surface area contributed by atoms with Crippen molar-refractivity contribution < 1.29 is 49.3 Å². The maximum Gasteiger partial charge on any atom is 0.310 e. The number of hydroxylamine groups is 1. The van der Waals surface area contributed by atoms with Crippen LogP contribution in [0.25, 0.3) is 0 Å². The molecule has 0 saturated heterocycles. The lowest BCUT2D eigenvalue weighted by Gasteiger charge is -2.20. The zero-order chi connectivity index (χ0) is 51.5. The Labute approximate surface area is 417 Å². The SMILES string of the molecule is CC(C(=O)O)c1ccc(C(=O)c2cccs2)cc1.CC(C(=O)O)c1ccc(N2CC=CC2)c(Cl)c1.CC(C(=O)O)c1cccc(C(=O)c2ccccc2)c1.CC(C)Cc1ccc(C(C)C(=O)NO)cc1. The monoisotopic (exact) mass is 986 g/mol. The summed E-state index contributed by atoms with van der Waals surface area (Å²) in [4.78, 5) is 71.0. The molecule has 0 aliphatic carbocycles. The van der Waals surface area contributed by atoms with E-state index < -0.39 is 35.7 Å². The number of carboxylic acids is 3. The molecular weight excluding hydrogens is 928 g/mol. The lowest BCUT2D eigenvalue weighted by Crippen LogP contribution is -2.24. The highest BCUT2D eigenvalue weighted by Gasteiger charge is 2.19.